The summed E-state index contributed by atoms with van der Waals surface area (Å²) in [6.07, 6.45) is 9.74. The van der Waals surface area contributed by atoms with Gasteiger partial charge in [0.15, 0.2) is 0 Å². The van der Waals surface area contributed by atoms with Gasteiger partial charge in [0, 0.05) is 6.08 Å². The highest BCUT2D eigenvalue weighted by Gasteiger charge is 2.07. The standard InChI is InChI=1S/C14H20O4/c1-11-5-3-2-4-6-12(15)7-8-13(16)9-10-14(17)18-11/h4,6-13,15-16H,2-3,5H2,1H3/b6-4-,8-7-,10-9-. The summed E-state index contributed by atoms with van der Waals surface area (Å²) in [6.45, 7) is 1.84. The van der Waals surface area contributed by atoms with Gasteiger partial charge in [-0.3, -0.25) is 0 Å². The molecule has 0 saturated carbocycles. The second-order valence-electron chi connectivity index (χ2n) is 4.33. The Morgan fingerprint density at radius 1 is 1.17 bits per heavy atom. The van der Waals surface area contributed by atoms with Crippen molar-refractivity contribution >= 4 is 5.97 Å². The molecule has 2 N–H and O–H groups in total. The van der Waals surface area contributed by atoms with Crippen molar-refractivity contribution in [1.29, 1.82) is 0 Å². The second-order valence-corrected chi connectivity index (χ2v) is 4.33. The van der Waals surface area contributed by atoms with Crippen LogP contribution in [0.2, 0.25) is 0 Å². The van der Waals surface area contributed by atoms with Crippen LogP contribution in [0, 0.1) is 0 Å². The molecule has 1 heterocycles. The van der Waals surface area contributed by atoms with E-state index in [1.807, 2.05) is 13.0 Å². The smallest absolute Gasteiger partial charge is 0.330 e. The van der Waals surface area contributed by atoms with Gasteiger partial charge in [0.25, 0.3) is 0 Å². The summed E-state index contributed by atoms with van der Waals surface area (Å²) in [4.78, 5) is 11.4. The van der Waals surface area contributed by atoms with Crippen LogP contribution in [0.4, 0.5) is 0 Å². The molecule has 4 nitrogen and oxygen atoms in total. The van der Waals surface area contributed by atoms with E-state index in [0.29, 0.717) is 0 Å². The van der Waals surface area contributed by atoms with Crippen molar-refractivity contribution in [1.82, 2.24) is 0 Å². The number of hydrogen-bond donors (Lipinski definition) is 2. The highest BCUT2D eigenvalue weighted by Crippen LogP contribution is 2.07. The Balaban J connectivity index is 2.69. The zero-order chi connectivity index (χ0) is 13.4. The molecule has 3 unspecified atom stereocenters. The summed E-state index contributed by atoms with van der Waals surface area (Å²) in [6, 6.07) is 0. The van der Waals surface area contributed by atoms with Crippen LogP contribution >= 0.6 is 0 Å². The highest BCUT2D eigenvalue weighted by atomic mass is 16.5. The maximum absolute atomic E-state index is 11.4. The summed E-state index contributed by atoms with van der Waals surface area (Å²) < 4.78 is 5.13. The summed E-state index contributed by atoms with van der Waals surface area (Å²) in [5.74, 6) is -0.455. The third kappa shape index (κ3) is 6.37. The lowest BCUT2D eigenvalue weighted by Crippen LogP contribution is -2.13. The van der Waals surface area contributed by atoms with Crippen molar-refractivity contribution in [2.75, 3.05) is 0 Å². The molecule has 0 aliphatic carbocycles. The molecular weight excluding hydrogens is 232 g/mol. The number of hydrogen-bond acceptors (Lipinski definition) is 4. The number of aliphatic hydroxyl groups is 2. The minimum absolute atomic E-state index is 0.143. The molecule has 1 rings (SSSR count). The summed E-state index contributed by atoms with van der Waals surface area (Å²) in [5.41, 5.74) is 0. The van der Waals surface area contributed by atoms with Crippen LogP contribution in [0.3, 0.4) is 0 Å². The SMILES string of the molecule is CC1CCC/C=C\C(O)/C=C\C(O)/C=C\C(=O)O1. The van der Waals surface area contributed by atoms with Gasteiger partial charge in [-0.15, -0.1) is 0 Å². The zero-order valence-electron chi connectivity index (χ0n) is 10.5. The molecule has 1 aliphatic rings. The number of cyclic esters (lactones) is 1. The molecule has 0 saturated heterocycles. The van der Waals surface area contributed by atoms with Gasteiger partial charge in [0.1, 0.15) is 0 Å². The molecule has 0 aromatic carbocycles. The van der Waals surface area contributed by atoms with Gasteiger partial charge >= 0.3 is 5.97 Å². The van der Waals surface area contributed by atoms with Crippen molar-refractivity contribution in [3.8, 4) is 0 Å². The van der Waals surface area contributed by atoms with Crippen LogP contribution in [0.1, 0.15) is 26.2 Å². The van der Waals surface area contributed by atoms with Crippen LogP contribution in [0.15, 0.2) is 36.5 Å². The van der Waals surface area contributed by atoms with E-state index in [0.717, 1.165) is 19.3 Å². The minimum atomic E-state index is -0.904. The van der Waals surface area contributed by atoms with Crippen LogP contribution in [0.25, 0.3) is 0 Å². The Kier molecular flexibility index (Phi) is 6.39. The Labute approximate surface area is 107 Å². The molecule has 0 radical (unpaired) electrons. The van der Waals surface area contributed by atoms with Crippen molar-refractivity contribution in [2.24, 2.45) is 0 Å². The minimum Gasteiger partial charge on any atom is -0.460 e. The predicted molar refractivity (Wildman–Crippen MR) is 68.8 cm³/mol. The Hall–Kier alpha value is -1.39. The van der Waals surface area contributed by atoms with E-state index in [1.165, 1.54) is 24.3 Å². The predicted octanol–water partition coefficient (Wildman–Crippen LogP) is 1.49. The summed E-state index contributed by atoms with van der Waals surface area (Å²) >= 11 is 0. The molecule has 100 valence electrons. The first-order chi connectivity index (χ1) is 8.58. The average Bonchev–Trinajstić information content (AvgIpc) is 2.32. The van der Waals surface area contributed by atoms with Crippen LogP contribution in [-0.4, -0.2) is 34.5 Å². The van der Waals surface area contributed by atoms with Crippen molar-refractivity contribution in [3.05, 3.63) is 36.5 Å². The van der Waals surface area contributed by atoms with Crippen molar-refractivity contribution in [2.45, 2.75) is 44.5 Å². The fourth-order valence-corrected chi connectivity index (χ4v) is 1.59. The second kappa shape index (κ2) is 7.84. The highest BCUT2D eigenvalue weighted by molar-refractivity contribution is 5.82. The lowest BCUT2D eigenvalue weighted by atomic mass is 10.1. The van der Waals surface area contributed by atoms with E-state index in [1.54, 1.807) is 6.08 Å². The maximum Gasteiger partial charge on any atom is 0.330 e. The maximum atomic E-state index is 11.4. The lowest BCUT2D eigenvalue weighted by Gasteiger charge is -2.11. The molecule has 0 fully saturated rings. The van der Waals surface area contributed by atoms with E-state index in [4.69, 9.17) is 4.74 Å². The van der Waals surface area contributed by atoms with Gasteiger partial charge in [-0.25, -0.2) is 4.79 Å². The number of rotatable bonds is 0. The molecule has 0 amide bonds. The fraction of sp³-hybridized carbons (Fsp3) is 0.500. The van der Waals surface area contributed by atoms with E-state index >= 15 is 0 Å². The van der Waals surface area contributed by atoms with E-state index < -0.39 is 18.2 Å². The third-order valence-corrected chi connectivity index (χ3v) is 2.57. The van der Waals surface area contributed by atoms with Gasteiger partial charge in [-0.2, -0.15) is 0 Å². The number of carbonyl (C=O) groups excluding carboxylic acids is 1. The number of allylic oxidation sites excluding steroid dienone is 1. The molecule has 4 heteroatoms. The van der Waals surface area contributed by atoms with Gasteiger partial charge < -0.3 is 14.9 Å². The number of esters is 1. The first-order valence-electron chi connectivity index (χ1n) is 6.18. The largest absolute Gasteiger partial charge is 0.460 e. The molecule has 3 atom stereocenters. The van der Waals surface area contributed by atoms with E-state index in [-0.39, 0.29) is 6.10 Å². The average molecular weight is 252 g/mol. The Morgan fingerprint density at radius 2 is 1.83 bits per heavy atom. The van der Waals surface area contributed by atoms with Crippen LogP contribution < -0.4 is 0 Å². The fourth-order valence-electron chi connectivity index (χ4n) is 1.59. The van der Waals surface area contributed by atoms with Gasteiger partial charge in [-0.1, -0.05) is 24.3 Å². The molecule has 0 bridgehead atoms. The quantitative estimate of drug-likeness (QED) is 0.506. The summed E-state index contributed by atoms with van der Waals surface area (Å²) in [5, 5.41) is 19.0. The topological polar surface area (TPSA) is 66.8 Å². The molecular formula is C14H20O4. The normalized spacial score (nSPS) is 36.2. The Morgan fingerprint density at radius 3 is 2.56 bits per heavy atom. The molecule has 18 heavy (non-hydrogen) atoms. The first-order valence-corrected chi connectivity index (χ1v) is 6.18. The number of carbonyl (C=O) groups is 1. The van der Waals surface area contributed by atoms with Gasteiger partial charge in [0.2, 0.25) is 0 Å². The molecule has 1 aliphatic heterocycles. The number of aliphatic hydroxyl groups excluding tert-OH is 2. The molecule has 0 spiro atoms. The zero-order valence-corrected chi connectivity index (χ0v) is 10.5. The first kappa shape index (κ1) is 14.7. The van der Waals surface area contributed by atoms with Crippen LogP contribution in [0.5, 0.6) is 0 Å². The van der Waals surface area contributed by atoms with Gasteiger partial charge in [0.05, 0.1) is 18.3 Å². The monoisotopic (exact) mass is 252 g/mol. The third-order valence-electron chi connectivity index (χ3n) is 2.57. The van der Waals surface area contributed by atoms with Crippen molar-refractivity contribution < 1.29 is 19.7 Å². The lowest BCUT2D eigenvalue weighted by molar-refractivity contribution is -0.142. The Bertz CT molecular complexity index is 344. The molecule has 0 aromatic heterocycles. The van der Waals surface area contributed by atoms with Crippen molar-refractivity contribution in [3.63, 3.8) is 0 Å². The van der Waals surface area contributed by atoms with Crippen LogP contribution in [-0.2, 0) is 9.53 Å². The summed E-state index contributed by atoms with van der Waals surface area (Å²) in [7, 11) is 0. The van der Waals surface area contributed by atoms with E-state index in [2.05, 4.69) is 0 Å². The van der Waals surface area contributed by atoms with E-state index in [9.17, 15) is 15.0 Å². The number of ether oxygens (including phenoxy) is 1. The van der Waals surface area contributed by atoms with Gasteiger partial charge in [-0.05, 0) is 32.3 Å². The molecule has 0 aromatic rings.